The molecule has 6 atom stereocenters. The van der Waals surface area contributed by atoms with Crippen LogP contribution in [0.3, 0.4) is 0 Å². The van der Waals surface area contributed by atoms with Crippen LogP contribution in [0.2, 0.25) is 5.02 Å². The molecule has 0 aliphatic carbocycles. The highest BCUT2D eigenvalue weighted by molar-refractivity contribution is 8.02. The van der Waals surface area contributed by atoms with Crippen LogP contribution in [-0.2, 0) is 20.9 Å². The molecule has 9 heteroatoms. The van der Waals surface area contributed by atoms with E-state index in [1.807, 2.05) is 49.4 Å². The number of anilines is 1. The molecule has 3 unspecified atom stereocenters. The first kappa shape index (κ1) is 33.3. The first-order valence-corrected chi connectivity index (χ1v) is 17.2. The zero-order valence-electron chi connectivity index (χ0n) is 26.2. The average Bonchev–Trinajstić information content (AvgIpc) is 3.62. The summed E-state index contributed by atoms with van der Waals surface area (Å²) in [6, 6.07) is 14.6. The standard InChI is InChI=1S/C36H44ClN3O4S/c1-5-18-38(23-26-15-9-7-10-16-26)33(42)29-28-22-25(4)36(45-28)30(29)34(43)40(20-11-8-12-21-41)32(36)35(44)39(19-6-2)31-24(3)14-13-17-27(31)37/h5-7,9-10,13-17,25,28-30,32,41H,1-2,8,11-12,18-23H2,3-4H3/t25?,28-,29+,30+,32?,36?/m1/s1. The van der Waals surface area contributed by atoms with E-state index in [-0.39, 0.29) is 42.0 Å². The molecule has 2 aromatic rings. The quantitative estimate of drug-likeness (QED) is 0.204. The summed E-state index contributed by atoms with van der Waals surface area (Å²) in [5.74, 6) is -1.47. The SMILES string of the molecule is C=CCN(Cc1ccccc1)C(=O)[C@@H]1[C@H]2C(=O)N(CCCCCO)C(C(=O)N(CC=C)c3c(C)cccc3Cl)C23S[C@@H]1CC3C. The number of fused-ring (bicyclic) bond motifs is 1. The molecule has 7 nitrogen and oxygen atoms in total. The Morgan fingerprint density at radius 1 is 1.07 bits per heavy atom. The number of thioether (sulfide) groups is 1. The van der Waals surface area contributed by atoms with Crippen molar-refractivity contribution in [2.24, 2.45) is 17.8 Å². The maximum Gasteiger partial charge on any atom is 0.251 e. The first-order valence-electron chi connectivity index (χ1n) is 15.9. The van der Waals surface area contributed by atoms with Crippen molar-refractivity contribution < 1.29 is 19.5 Å². The van der Waals surface area contributed by atoms with E-state index >= 15 is 0 Å². The van der Waals surface area contributed by atoms with Gasteiger partial charge in [-0.3, -0.25) is 14.4 Å². The van der Waals surface area contributed by atoms with Crippen LogP contribution >= 0.6 is 23.4 Å². The summed E-state index contributed by atoms with van der Waals surface area (Å²) in [5, 5.41) is 9.79. The molecule has 1 N–H and O–H groups in total. The van der Waals surface area contributed by atoms with E-state index in [0.717, 1.165) is 24.0 Å². The molecule has 3 fully saturated rings. The fourth-order valence-corrected chi connectivity index (χ4v) is 10.6. The van der Waals surface area contributed by atoms with Gasteiger partial charge in [-0.15, -0.1) is 24.9 Å². The molecule has 3 saturated heterocycles. The van der Waals surface area contributed by atoms with Gasteiger partial charge in [0.05, 0.1) is 27.3 Å². The summed E-state index contributed by atoms with van der Waals surface area (Å²) in [5.41, 5.74) is 2.49. The monoisotopic (exact) mass is 649 g/mol. The van der Waals surface area contributed by atoms with E-state index in [4.69, 9.17) is 11.6 Å². The number of unbranched alkanes of at least 4 members (excludes halogenated alkanes) is 2. The maximum atomic E-state index is 15.0. The van der Waals surface area contributed by atoms with Crippen LogP contribution in [-0.4, -0.2) is 74.9 Å². The van der Waals surface area contributed by atoms with Crippen molar-refractivity contribution in [3.05, 3.63) is 90.0 Å². The Morgan fingerprint density at radius 3 is 2.47 bits per heavy atom. The van der Waals surface area contributed by atoms with Crippen LogP contribution in [0.25, 0.3) is 0 Å². The van der Waals surface area contributed by atoms with Crippen molar-refractivity contribution >= 4 is 46.8 Å². The van der Waals surface area contributed by atoms with Gasteiger partial charge in [0.2, 0.25) is 11.8 Å². The largest absolute Gasteiger partial charge is 0.396 e. The number of rotatable bonds is 14. The summed E-state index contributed by atoms with van der Waals surface area (Å²) >= 11 is 8.39. The number of nitrogens with zero attached hydrogens (tertiary/aromatic N) is 3. The second-order valence-corrected chi connectivity index (χ2v) is 14.5. The van der Waals surface area contributed by atoms with Gasteiger partial charge >= 0.3 is 0 Å². The number of aryl methyl sites for hydroxylation is 1. The summed E-state index contributed by atoms with van der Waals surface area (Å²) in [6.07, 6.45) is 6.19. The fourth-order valence-electron chi connectivity index (χ4n) is 7.83. The first-order chi connectivity index (χ1) is 21.7. The Labute approximate surface area is 276 Å². The minimum absolute atomic E-state index is 0.0433. The lowest BCUT2D eigenvalue weighted by Gasteiger charge is -2.41. The number of para-hydroxylation sites is 1. The van der Waals surface area contributed by atoms with Crippen LogP contribution in [0, 0.1) is 24.7 Å². The van der Waals surface area contributed by atoms with Gasteiger partial charge in [0.25, 0.3) is 5.91 Å². The molecule has 45 heavy (non-hydrogen) atoms. The summed E-state index contributed by atoms with van der Waals surface area (Å²) in [4.78, 5) is 49.4. The molecular formula is C36H44ClN3O4S. The number of likely N-dealkylation sites (tertiary alicyclic amines) is 1. The van der Waals surface area contributed by atoms with E-state index in [1.165, 1.54) is 0 Å². The van der Waals surface area contributed by atoms with Gasteiger partial charge in [0.15, 0.2) is 0 Å². The van der Waals surface area contributed by atoms with Gasteiger partial charge in [0, 0.05) is 38.0 Å². The molecule has 3 amide bonds. The normalized spacial score (nSPS) is 26.5. The third kappa shape index (κ3) is 5.97. The Morgan fingerprint density at radius 2 is 1.80 bits per heavy atom. The zero-order valence-corrected chi connectivity index (χ0v) is 27.8. The molecule has 0 radical (unpaired) electrons. The lowest BCUT2D eigenvalue weighted by atomic mass is 9.65. The Kier molecular flexibility index (Phi) is 10.5. The molecule has 240 valence electrons. The molecule has 3 heterocycles. The van der Waals surface area contributed by atoms with E-state index < -0.39 is 22.6 Å². The van der Waals surface area contributed by atoms with Crippen molar-refractivity contribution in [2.75, 3.05) is 31.1 Å². The van der Waals surface area contributed by atoms with Crippen LogP contribution in [0.4, 0.5) is 5.69 Å². The third-order valence-electron chi connectivity index (χ3n) is 9.74. The van der Waals surface area contributed by atoms with Gasteiger partial charge in [-0.05, 0) is 55.7 Å². The fraction of sp³-hybridized carbons (Fsp3) is 0.472. The lowest BCUT2D eigenvalue weighted by Crippen LogP contribution is -2.57. The second kappa shape index (κ2) is 14.1. The van der Waals surface area contributed by atoms with Crippen molar-refractivity contribution in [1.82, 2.24) is 9.80 Å². The molecule has 2 aromatic carbocycles. The molecule has 1 spiro atoms. The number of halogens is 1. The number of carbonyl (C=O) groups is 3. The molecule has 0 aromatic heterocycles. The molecule has 0 saturated carbocycles. The van der Waals surface area contributed by atoms with Crippen molar-refractivity contribution in [3.8, 4) is 0 Å². The molecule has 3 aliphatic rings. The van der Waals surface area contributed by atoms with Gasteiger partial charge in [0.1, 0.15) is 6.04 Å². The van der Waals surface area contributed by atoms with Crippen LogP contribution in [0.15, 0.2) is 73.8 Å². The van der Waals surface area contributed by atoms with Crippen LogP contribution < -0.4 is 4.90 Å². The van der Waals surface area contributed by atoms with Crippen LogP contribution in [0.5, 0.6) is 0 Å². The van der Waals surface area contributed by atoms with Gasteiger partial charge < -0.3 is 19.8 Å². The predicted octanol–water partition coefficient (Wildman–Crippen LogP) is 5.88. The topological polar surface area (TPSA) is 81.2 Å². The minimum atomic E-state index is -0.760. The highest BCUT2D eigenvalue weighted by Crippen LogP contribution is 2.69. The molecule has 3 aliphatic heterocycles. The third-order valence-corrected chi connectivity index (χ3v) is 12.1. The number of aliphatic hydroxyl groups excluding tert-OH is 1. The minimum Gasteiger partial charge on any atom is -0.396 e. The summed E-state index contributed by atoms with van der Waals surface area (Å²) in [6.45, 7) is 13.4. The number of aliphatic hydroxyl groups is 1. The van der Waals surface area contributed by atoms with E-state index in [9.17, 15) is 19.5 Å². The van der Waals surface area contributed by atoms with Crippen molar-refractivity contribution in [3.63, 3.8) is 0 Å². The lowest BCUT2D eigenvalue weighted by molar-refractivity contribution is -0.144. The highest BCUT2D eigenvalue weighted by atomic mass is 35.5. The number of amides is 3. The maximum absolute atomic E-state index is 15.0. The average molecular weight is 650 g/mol. The van der Waals surface area contributed by atoms with Crippen molar-refractivity contribution in [1.29, 1.82) is 0 Å². The Hall–Kier alpha value is -3.07. The second-order valence-electron chi connectivity index (χ2n) is 12.5. The van der Waals surface area contributed by atoms with Crippen LogP contribution in [0.1, 0.15) is 43.7 Å². The van der Waals surface area contributed by atoms with E-state index in [0.29, 0.717) is 43.2 Å². The summed E-state index contributed by atoms with van der Waals surface area (Å²) in [7, 11) is 0. The molecule has 5 rings (SSSR count). The van der Waals surface area contributed by atoms with E-state index in [2.05, 4.69) is 20.1 Å². The van der Waals surface area contributed by atoms with Gasteiger partial charge in [-0.2, -0.15) is 0 Å². The van der Waals surface area contributed by atoms with E-state index in [1.54, 1.807) is 44.7 Å². The Bertz CT molecular complexity index is 1420. The number of carbonyl (C=O) groups excluding carboxylic acids is 3. The smallest absolute Gasteiger partial charge is 0.251 e. The van der Waals surface area contributed by atoms with Crippen molar-refractivity contribution in [2.45, 2.75) is 62.1 Å². The summed E-state index contributed by atoms with van der Waals surface area (Å²) < 4.78 is -0.753. The van der Waals surface area contributed by atoms with Gasteiger partial charge in [-0.1, -0.05) is 73.1 Å². The zero-order chi connectivity index (χ0) is 32.3. The Balaban J connectivity index is 1.56. The van der Waals surface area contributed by atoms with Gasteiger partial charge in [-0.25, -0.2) is 0 Å². The predicted molar refractivity (Wildman–Crippen MR) is 182 cm³/mol. The number of hydrogen-bond donors (Lipinski definition) is 1. The molecule has 2 bridgehead atoms. The number of hydrogen-bond acceptors (Lipinski definition) is 5. The molecular weight excluding hydrogens is 606 g/mol. The highest BCUT2D eigenvalue weighted by Gasteiger charge is 2.76. The number of benzene rings is 2.